The third kappa shape index (κ3) is 2.03. The Morgan fingerprint density at radius 1 is 1.45 bits per heavy atom. The molecule has 0 radical (unpaired) electrons. The van der Waals surface area contributed by atoms with Gasteiger partial charge in [0.1, 0.15) is 5.82 Å². The third-order valence-electron chi connectivity index (χ3n) is 3.33. The van der Waals surface area contributed by atoms with Gasteiger partial charge in [0, 0.05) is 15.7 Å². The van der Waals surface area contributed by atoms with Gasteiger partial charge < -0.3 is 5.11 Å². The van der Waals surface area contributed by atoms with E-state index in [1.807, 2.05) is 0 Å². The maximum absolute atomic E-state index is 13.3. The van der Waals surface area contributed by atoms with Crippen molar-refractivity contribution in [1.82, 2.24) is 9.78 Å². The molecule has 0 aliphatic heterocycles. The number of aromatic carboxylic acids is 1. The lowest BCUT2D eigenvalue weighted by Gasteiger charge is -2.10. The molecule has 0 fully saturated rings. The first-order valence-electron chi connectivity index (χ1n) is 5.98. The molecule has 0 atom stereocenters. The van der Waals surface area contributed by atoms with Crippen molar-refractivity contribution in [2.24, 2.45) is 0 Å². The Morgan fingerprint density at radius 3 is 2.85 bits per heavy atom. The predicted octanol–water partition coefficient (Wildman–Crippen LogP) is 3.61. The zero-order chi connectivity index (χ0) is 14.4. The largest absolute Gasteiger partial charge is 0.476 e. The minimum absolute atomic E-state index is 0.0461. The number of carboxylic acid groups (broad SMARTS) is 1. The normalized spacial score (nSPS) is 13.6. The molecular formula is C13H9BrClFN2O2. The smallest absolute Gasteiger partial charge is 0.356 e. The van der Waals surface area contributed by atoms with E-state index in [0.717, 1.165) is 24.1 Å². The Labute approximate surface area is 127 Å². The lowest BCUT2D eigenvalue weighted by atomic mass is 10.2. The summed E-state index contributed by atoms with van der Waals surface area (Å²) in [4.78, 5) is 11.2. The summed E-state index contributed by atoms with van der Waals surface area (Å²) in [5.41, 5.74) is 2.09. The zero-order valence-corrected chi connectivity index (χ0v) is 12.5. The maximum Gasteiger partial charge on any atom is 0.356 e. The highest BCUT2D eigenvalue weighted by atomic mass is 79.9. The minimum Gasteiger partial charge on any atom is -0.476 e. The number of aromatic nitrogens is 2. The lowest BCUT2D eigenvalue weighted by Crippen LogP contribution is -2.06. The summed E-state index contributed by atoms with van der Waals surface area (Å²) in [7, 11) is 0. The Kier molecular flexibility index (Phi) is 3.30. The van der Waals surface area contributed by atoms with E-state index in [4.69, 9.17) is 11.6 Å². The lowest BCUT2D eigenvalue weighted by molar-refractivity contribution is 0.0689. The van der Waals surface area contributed by atoms with Crippen LogP contribution in [0.15, 0.2) is 16.6 Å². The van der Waals surface area contributed by atoms with Gasteiger partial charge in [-0.3, -0.25) is 0 Å². The fourth-order valence-corrected chi connectivity index (χ4v) is 3.53. The molecule has 7 heteroatoms. The number of halogens is 3. The van der Waals surface area contributed by atoms with E-state index in [9.17, 15) is 14.3 Å². The quantitative estimate of drug-likeness (QED) is 0.891. The van der Waals surface area contributed by atoms with Crippen molar-refractivity contribution in [2.45, 2.75) is 19.3 Å². The highest BCUT2D eigenvalue weighted by Crippen LogP contribution is 2.34. The van der Waals surface area contributed by atoms with Gasteiger partial charge in [0.05, 0.1) is 10.7 Å². The number of carboxylic acids is 1. The van der Waals surface area contributed by atoms with Crippen molar-refractivity contribution in [2.75, 3.05) is 0 Å². The number of hydrogen-bond acceptors (Lipinski definition) is 2. The van der Waals surface area contributed by atoms with Crippen LogP contribution < -0.4 is 0 Å². The van der Waals surface area contributed by atoms with E-state index in [1.165, 1.54) is 16.8 Å². The molecule has 0 bridgehead atoms. The van der Waals surface area contributed by atoms with E-state index in [-0.39, 0.29) is 10.7 Å². The number of fused-ring (bicyclic) bond motifs is 1. The van der Waals surface area contributed by atoms with Gasteiger partial charge in [-0.15, -0.1) is 0 Å². The van der Waals surface area contributed by atoms with Crippen molar-refractivity contribution in [1.29, 1.82) is 0 Å². The van der Waals surface area contributed by atoms with Crippen LogP contribution in [0, 0.1) is 5.82 Å². The second-order valence-corrected chi connectivity index (χ2v) is 5.82. The summed E-state index contributed by atoms with van der Waals surface area (Å²) < 4.78 is 15.2. The molecule has 0 saturated carbocycles. The van der Waals surface area contributed by atoms with Crippen LogP contribution in [0.3, 0.4) is 0 Å². The summed E-state index contributed by atoms with van der Waals surface area (Å²) >= 11 is 9.34. The molecule has 0 spiro atoms. The number of nitrogens with zero attached hydrogens (tertiary/aromatic N) is 2. The second-order valence-electron chi connectivity index (χ2n) is 4.56. The predicted molar refractivity (Wildman–Crippen MR) is 75.2 cm³/mol. The summed E-state index contributed by atoms with van der Waals surface area (Å²) in [6.45, 7) is 0. The Morgan fingerprint density at radius 2 is 2.20 bits per heavy atom. The van der Waals surface area contributed by atoms with Crippen LogP contribution in [0.1, 0.15) is 28.2 Å². The monoisotopic (exact) mass is 358 g/mol. The van der Waals surface area contributed by atoms with Gasteiger partial charge in [-0.1, -0.05) is 11.6 Å². The summed E-state index contributed by atoms with van der Waals surface area (Å²) in [5.74, 6) is -1.52. The third-order valence-corrected chi connectivity index (χ3v) is 4.22. The average molecular weight is 360 g/mol. The second kappa shape index (κ2) is 4.86. The van der Waals surface area contributed by atoms with E-state index in [0.29, 0.717) is 16.6 Å². The van der Waals surface area contributed by atoms with Crippen LogP contribution in [-0.2, 0) is 12.8 Å². The molecule has 1 N–H and O–H groups in total. The summed E-state index contributed by atoms with van der Waals surface area (Å²) in [6.07, 6.45) is 2.30. The highest BCUT2D eigenvalue weighted by Gasteiger charge is 2.28. The van der Waals surface area contributed by atoms with Crippen LogP contribution >= 0.6 is 27.5 Å². The first-order valence-corrected chi connectivity index (χ1v) is 7.15. The number of carbonyl (C=O) groups is 1. The number of rotatable bonds is 2. The molecule has 2 aromatic rings. The molecule has 1 aromatic carbocycles. The molecule has 1 heterocycles. The summed E-state index contributed by atoms with van der Waals surface area (Å²) in [6, 6.07) is 2.47. The van der Waals surface area contributed by atoms with E-state index in [2.05, 4.69) is 21.0 Å². The van der Waals surface area contributed by atoms with Crippen molar-refractivity contribution >= 4 is 33.5 Å². The molecule has 20 heavy (non-hydrogen) atoms. The summed E-state index contributed by atoms with van der Waals surface area (Å²) in [5, 5.41) is 13.5. The van der Waals surface area contributed by atoms with Gasteiger partial charge >= 0.3 is 5.97 Å². The fourth-order valence-electron chi connectivity index (χ4n) is 2.53. The molecule has 4 nitrogen and oxygen atoms in total. The first-order chi connectivity index (χ1) is 9.49. The fraction of sp³-hybridized carbons (Fsp3) is 0.231. The van der Waals surface area contributed by atoms with Crippen LogP contribution in [-0.4, -0.2) is 20.9 Å². The number of benzene rings is 1. The Balaban J connectivity index is 2.27. The van der Waals surface area contributed by atoms with Gasteiger partial charge in [-0.2, -0.15) is 5.10 Å². The van der Waals surface area contributed by atoms with E-state index < -0.39 is 11.8 Å². The van der Waals surface area contributed by atoms with Crippen molar-refractivity contribution in [3.8, 4) is 5.69 Å². The van der Waals surface area contributed by atoms with Crippen molar-refractivity contribution in [3.05, 3.63) is 44.4 Å². The minimum atomic E-state index is -1.06. The van der Waals surface area contributed by atoms with Gasteiger partial charge in [0.25, 0.3) is 0 Å². The van der Waals surface area contributed by atoms with Crippen LogP contribution in [0.5, 0.6) is 0 Å². The molecule has 104 valence electrons. The zero-order valence-electron chi connectivity index (χ0n) is 10.2. The number of hydrogen-bond donors (Lipinski definition) is 1. The van der Waals surface area contributed by atoms with Crippen molar-refractivity contribution in [3.63, 3.8) is 0 Å². The molecule has 1 aromatic heterocycles. The first kappa shape index (κ1) is 13.6. The van der Waals surface area contributed by atoms with Crippen molar-refractivity contribution < 1.29 is 14.3 Å². The topological polar surface area (TPSA) is 55.1 Å². The molecule has 1 aliphatic carbocycles. The molecular weight excluding hydrogens is 351 g/mol. The van der Waals surface area contributed by atoms with E-state index >= 15 is 0 Å². The van der Waals surface area contributed by atoms with Gasteiger partial charge in [-0.05, 0) is 47.3 Å². The SMILES string of the molecule is O=C(O)c1nn(-c2c(Cl)cc(F)cc2Br)c2c1CCC2. The molecule has 1 aliphatic rings. The van der Waals surface area contributed by atoms with Gasteiger partial charge in [-0.25, -0.2) is 13.9 Å². The van der Waals surface area contributed by atoms with Crippen LogP contribution in [0.2, 0.25) is 5.02 Å². The van der Waals surface area contributed by atoms with Crippen LogP contribution in [0.25, 0.3) is 5.69 Å². The van der Waals surface area contributed by atoms with Crippen LogP contribution in [0.4, 0.5) is 4.39 Å². The highest BCUT2D eigenvalue weighted by molar-refractivity contribution is 9.10. The molecule has 0 amide bonds. The molecule has 0 saturated heterocycles. The molecule has 3 rings (SSSR count). The van der Waals surface area contributed by atoms with E-state index in [1.54, 1.807) is 0 Å². The van der Waals surface area contributed by atoms with Gasteiger partial charge in [0.2, 0.25) is 0 Å². The standard InChI is InChI=1S/C13H9BrClFN2O2/c14-8-4-6(16)5-9(15)12(8)18-10-3-1-2-7(10)11(17-18)13(19)20/h4-5H,1-3H2,(H,19,20). The Hall–Kier alpha value is -1.40. The average Bonchev–Trinajstić information content (AvgIpc) is 2.90. The van der Waals surface area contributed by atoms with Gasteiger partial charge in [0.15, 0.2) is 5.69 Å². The Bertz CT molecular complexity index is 706. The molecule has 0 unspecified atom stereocenters. The maximum atomic E-state index is 13.3.